The minimum Gasteiger partial charge on any atom is -0.464 e. The predicted octanol–water partition coefficient (Wildman–Crippen LogP) is 0.0751. The number of nitrogens with zero attached hydrogens (tertiary/aromatic N) is 2. The van der Waals surface area contributed by atoms with Gasteiger partial charge in [-0.15, -0.1) is 11.3 Å². The van der Waals surface area contributed by atoms with Crippen molar-refractivity contribution in [3.8, 4) is 0 Å². The zero-order valence-corrected chi connectivity index (χ0v) is 12.1. The topological polar surface area (TPSA) is 96.8 Å². The number of rotatable bonds is 4. The number of β-amino-alcohol motifs (C(OH)–C–C–N with tert-alkyl or cyclic N) is 1. The van der Waals surface area contributed by atoms with Gasteiger partial charge in [-0.3, -0.25) is 0 Å². The Hall–Kier alpha value is -1.03. The summed E-state index contributed by atoms with van der Waals surface area (Å²) in [5, 5.41) is 9.86. The predicted molar refractivity (Wildman–Crippen MR) is 67.5 cm³/mol. The molecule has 0 amide bonds. The minimum atomic E-state index is -3.80. The summed E-state index contributed by atoms with van der Waals surface area (Å²) in [5.41, 5.74) is 0.105. The first-order valence-electron chi connectivity index (χ1n) is 5.58. The highest BCUT2D eigenvalue weighted by Gasteiger charge is 2.47. The fraction of sp³-hybridized carbons (Fsp3) is 0.600. The van der Waals surface area contributed by atoms with Gasteiger partial charge in [0.05, 0.1) is 18.2 Å². The maximum atomic E-state index is 12.3. The van der Waals surface area contributed by atoms with Crippen molar-refractivity contribution in [1.29, 1.82) is 0 Å². The van der Waals surface area contributed by atoms with E-state index in [-0.39, 0.29) is 23.0 Å². The number of carbonyl (C=O) groups is 1. The Kier molecular flexibility index (Phi) is 3.65. The van der Waals surface area contributed by atoms with E-state index in [9.17, 15) is 18.3 Å². The molecule has 0 aromatic carbocycles. The second kappa shape index (κ2) is 4.82. The van der Waals surface area contributed by atoms with Crippen molar-refractivity contribution in [2.45, 2.75) is 23.2 Å². The molecule has 1 N–H and O–H groups in total. The van der Waals surface area contributed by atoms with Crippen molar-refractivity contribution in [2.75, 3.05) is 20.2 Å². The van der Waals surface area contributed by atoms with Crippen molar-refractivity contribution < 1.29 is 23.1 Å². The smallest absolute Gasteiger partial charge is 0.358 e. The second-order valence-corrected chi connectivity index (χ2v) is 7.32. The summed E-state index contributed by atoms with van der Waals surface area (Å²) in [6.45, 7) is 1.85. The van der Waals surface area contributed by atoms with E-state index in [4.69, 9.17) is 0 Å². The standard InChI is InChI=1S/C10H14N2O5S2/c1-3-10(14)4-12(5-10)19(15,16)9-7(8(13)17-2)11-6-18-9/h6,14H,3-5H2,1-2H3. The van der Waals surface area contributed by atoms with Gasteiger partial charge in [-0.25, -0.2) is 18.2 Å². The Bertz CT molecular complexity index is 589. The van der Waals surface area contributed by atoms with Crippen molar-refractivity contribution in [1.82, 2.24) is 9.29 Å². The first-order valence-corrected chi connectivity index (χ1v) is 7.90. The zero-order valence-electron chi connectivity index (χ0n) is 10.5. The monoisotopic (exact) mass is 306 g/mol. The molecular weight excluding hydrogens is 292 g/mol. The van der Waals surface area contributed by atoms with Crippen LogP contribution in [0.4, 0.5) is 0 Å². The van der Waals surface area contributed by atoms with Crippen LogP contribution < -0.4 is 0 Å². The van der Waals surface area contributed by atoms with Crippen LogP contribution in [0.3, 0.4) is 0 Å². The van der Waals surface area contributed by atoms with Crippen LogP contribution in [0.1, 0.15) is 23.8 Å². The molecule has 0 saturated carbocycles. The summed E-state index contributed by atoms with van der Waals surface area (Å²) >= 11 is 0.862. The third-order valence-corrected chi connectivity index (χ3v) is 6.23. The highest BCUT2D eigenvalue weighted by Crippen LogP contribution is 2.33. The van der Waals surface area contributed by atoms with Gasteiger partial charge in [0.2, 0.25) is 0 Å². The van der Waals surface area contributed by atoms with Gasteiger partial charge in [0.25, 0.3) is 10.0 Å². The molecule has 2 rings (SSSR count). The lowest BCUT2D eigenvalue weighted by atomic mass is 9.94. The molecule has 0 bridgehead atoms. The largest absolute Gasteiger partial charge is 0.464 e. The summed E-state index contributed by atoms with van der Waals surface area (Å²) in [4.78, 5) is 15.2. The normalized spacial score (nSPS) is 18.9. The lowest BCUT2D eigenvalue weighted by molar-refractivity contribution is -0.0612. The molecular formula is C10H14N2O5S2. The van der Waals surface area contributed by atoms with Crippen molar-refractivity contribution in [3.63, 3.8) is 0 Å². The van der Waals surface area contributed by atoms with Crippen LogP contribution >= 0.6 is 11.3 Å². The lowest BCUT2D eigenvalue weighted by Gasteiger charge is -2.44. The summed E-state index contributed by atoms with van der Waals surface area (Å²) in [6, 6.07) is 0. The molecule has 0 aliphatic carbocycles. The number of aromatic nitrogens is 1. The van der Waals surface area contributed by atoms with Gasteiger partial charge in [-0.2, -0.15) is 4.31 Å². The van der Waals surface area contributed by atoms with Gasteiger partial charge in [0.15, 0.2) is 9.90 Å². The number of ether oxygens (including phenoxy) is 1. The molecule has 1 aromatic heterocycles. The Morgan fingerprint density at radius 1 is 1.63 bits per heavy atom. The van der Waals surface area contributed by atoms with Crippen LogP contribution in [0.15, 0.2) is 9.72 Å². The zero-order chi connectivity index (χ0) is 14.3. The highest BCUT2D eigenvalue weighted by molar-refractivity contribution is 7.91. The quantitative estimate of drug-likeness (QED) is 0.791. The summed E-state index contributed by atoms with van der Waals surface area (Å²) in [5.74, 6) is -0.786. The van der Waals surface area contributed by atoms with E-state index in [1.54, 1.807) is 6.92 Å². The molecule has 1 aliphatic rings. The van der Waals surface area contributed by atoms with E-state index in [1.807, 2.05) is 0 Å². The van der Waals surface area contributed by atoms with Gasteiger partial charge >= 0.3 is 5.97 Å². The molecule has 0 radical (unpaired) electrons. The molecule has 0 spiro atoms. The van der Waals surface area contributed by atoms with Gasteiger partial charge in [0, 0.05) is 13.1 Å². The molecule has 1 saturated heterocycles. The van der Waals surface area contributed by atoms with E-state index >= 15 is 0 Å². The van der Waals surface area contributed by atoms with E-state index in [2.05, 4.69) is 9.72 Å². The summed E-state index contributed by atoms with van der Waals surface area (Å²) in [7, 11) is -2.63. The van der Waals surface area contributed by atoms with Crippen LogP contribution in [-0.2, 0) is 14.8 Å². The number of hydrogen-bond donors (Lipinski definition) is 1. The van der Waals surface area contributed by atoms with E-state index in [1.165, 1.54) is 5.51 Å². The number of aliphatic hydroxyl groups is 1. The molecule has 1 aliphatic heterocycles. The van der Waals surface area contributed by atoms with Crippen LogP contribution in [0.25, 0.3) is 0 Å². The van der Waals surface area contributed by atoms with Crippen molar-refractivity contribution in [2.24, 2.45) is 0 Å². The highest BCUT2D eigenvalue weighted by atomic mass is 32.2. The fourth-order valence-electron chi connectivity index (χ4n) is 1.77. The number of esters is 1. The van der Waals surface area contributed by atoms with Crippen LogP contribution in [0.2, 0.25) is 0 Å². The third kappa shape index (κ3) is 2.38. The molecule has 19 heavy (non-hydrogen) atoms. The SMILES string of the molecule is CCC1(O)CN(S(=O)(=O)c2scnc2C(=O)OC)C1. The Balaban J connectivity index is 2.28. The first kappa shape index (κ1) is 14.4. The van der Waals surface area contributed by atoms with E-state index in [0.29, 0.717) is 6.42 Å². The molecule has 9 heteroatoms. The number of sulfonamides is 1. The molecule has 106 valence electrons. The Morgan fingerprint density at radius 3 is 2.79 bits per heavy atom. The molecule has 0 atom stereocenters. The summed E-state index contributed by atoms with van der Waals surface area (Å²) in [6.07, 6.45) is 0.478. The van der Waals surface area contributed by atoms with Crippen molar-refractivity contribution >= 4 is 27.3 Å². The number of thiazole rings is 1. The van der Waals surface area contributed by atoms with Crippen LogP contribution in [0.5, 0.6) is 0 Å². The number of hydrogen-bond acceptors (Lipinski definition) is 7. The van der Waals surface area contributed by atoms with Gasteiger partial charge in [0.1, 0.15) is 0 Å². The van der Waals surface area contributed by atoms with Crippen LogP contribution in [0, 0.1) is 0 Å². The average molecular weight is 306 g/mol. The molecule has 1 fully saturated rings. The summed E-state index contributed by atoms with van der Waals surface area (Å²) < 4.78 is 30.1. The molecule has 7 nitrogen and oxygen atoms in total. The number of methoxy groups -OCH3 is 1. The van der Waals surface area contributed by atoms with Gasteiger partial charge in [-0.05, 0) is 6.42 Å². The first-order chi connectivity index (χ1) is 8.84. The molecule has 2 heterocycles. The van der Waals surface area contributed by atoms with E-state index < -0.39 is 21.6 Å². The second-order valence-electron chi connectivity index (χ2n) is 4.33. The lowest BCUT2D eigenvalue weighted by Crippen LogP contribution is -2.62. The molecule has 0 unspecified atom stereocenters. The average Bonchev–Trinajstić information content (AvgIpc) is 2.83. The Labute approximate surface area is 114 Å². The van der Waals surface area contributed by atoms with Gasteiger partial charge < -0.3 is 9.84 Å². The number of carbonyl (C=O) groups excluding carboxylic acids is 1. The molecule has 1 aromatic rings. The third-order valence-electron chi connectivity index (χ3n) is 3.09. The maximum Gasteiger partial charge on any atom is 0.358 e. The van der Waals surface area contributed by atoms with E-state index in [0.717, 1.165) is 22.8 Å². The Morgan fingerprint density at radius 2 is 2.26 bits per heavy atom. The van der Waals surface area contributed by atoms with Crippen molar-refractivity contribution in [3.05, 3.63) is 11.2 Å². The van der Waals surface area contributed by atoms with Crippen LogP contribution in [-0.4, -0.2) is 54.6 Å². The maximum absolute atomic E-state index is 12.3. The minimum absolute atomic E-state index is 0.0321. The fourth-order valence-corrected chi connectivity index (χ4v) is 4.64. The van der Waals surface area contributed by atoms with Gasteiger partial charge in [-0.1, -0.05) is 6.92 Å².